The molecule has 0 bridgehead atoms. The first kappa shape index (κ1) is 8.99. The monoisotopic (exact) mass is 230 g/mol. The van der Waals surface area contributed by atoms with Gasteiger partial charge in [0.15, 0.2) is 4.47 Å². The highest BCUT2D eigenvalue weighted by Gasteiger charge is 1.98. The summed E-state index contributed by atoms with van der Waals surface area (Å²) >= 11 is 8.82. The third-order valence-electron chi connectivity index (χ3n) is 1.53. The first-order valence-corrected chi connectivity index (χ1v) is 5.90. The molecule has 0 aliphatic carbocycles. The fraction of sp³-hybridized carbons (Fsp3) is 0.125. The summed E-state index contributed by atoms with van der Waals surface area (Å²) in [6, 6.07) is 2.09. The molecule has 68 valence electrons. The predicted octanol–water partition coefficient (Wildman–Crippen LogP) is 3.47. The van der Waals surface area contributed by atoms with Crippen molar-refractivity contribution in [2.45, 2.75) is 6.54 Å². The normalized spacial score (nSPS) is 10.2. The summed E-state index contributed by atoms with van der Waals surface area (Å²) < 4.78 is 0.577. The minimum atomic E-state index is 0.577. The Morgan fingerprint density at radius 3 is 3.00 bits per heavy atom. The van der Waals surface area contributed by atoms with Crippen LogP contribution in [-0.4, -0.2) is 4.98 Å². The smallest absolute Gasteiger partial charge is 0.185 e. The van der Waals surface area contributed by atoms with Crippen LogP contribution < -0.4 is 5.32 Å². The maximum atomic E-state index is 5.69. The van der Waals surface area contributed by atoms with E-state index in [9.17, 15) is 0 Å². The highest BCUT2D eigenvalue weighted by Crippen LogP contribution is 2.19. The van der Waals surface area contributed by atoms with Crippen LogP contribution in [0.1, 0.15) is 5.56 Å². The van der Waals surface area contributed by atoms with Gasteiger partial charge in [-0.3, -0.25) is 0 Å². The van der Waals surface area contributed by atoms with Crippen LogP contribution >= 0.6 is 34.3 Å². The fourth-order valence-electron chi connectivity index (χ4n) is 0.919. The molecule has 0 saturated heterocycles. The molecule has 2 rings (SSSR count). The van der Waals surface area contributed by atoms with Crippen LogP contribution in [0.15, 0.2) is 22.2 Å². The van der Waals surface area contributed by atoms with E-state index in [2.05, 4.69) is 27.1 Å². The summed E-state index contributed by atoms with van der Waals surface area (Å²) in [6.45, 7) is 0.809. The summed E-state index contributed by atoms with van der Waals surface area (Å²) in [5.74, 6) is 0.848. The number of nitrogens with zero attached hydrogens (tertiary/aromatic N) is 1. The van der Waals surface area contributed by atoms with Crippen molar-refractivity contribution < 1.29 is 0 Å². The number of aromatic nitrogens is 1. The van der Waals surface area contributed by atoms with Gasteiger partial charge in [0.25, 0.3) is 0 Å². The molecule has 0 aliphatic heterocycles. The van der Waals surface area contributed by atoms with Crippen molar-refractivity contribution in [1.29, 1.82) is 0 Å². The quantitative estimate of drug-likeness (QED) is 0.874. The van der Waals surface area contributed by atoms with Gasteiger partial charge in [0.1, 0.15) is 5.82 Å². The van der Waals surface area contributed by atoms with Crippen molar-refractivity contribution in [3.63, 3.8) is 0 Å². The maximum absolute atomic E-state index is 5.69. The van der Waals surface area contributed by atoms with Gasteiger partial charge in [0.2, 0.25) is 0 Å². The van der Waals surface area contributed by atoms with Crippen molar-refractivity contribution in [3.8, 4) is 0 Å². The second-order valence-corrected chi connectivity index (χ2v) is 4.69. The van der Waals surface area contributed by atoms with E-state index in [-0.39, 0.29) is 0 Å². The SMILES string of the molecule is Clc1nc(NCc2ccsc2)cs1. The fourth-order valence-corrected chi connectivity index (χ4v) is 2.31. The Labute approximate surface area is 89.2 Å². The Morgan fingerprint density at radius 2 is 2.38 bits per heavy atom. The van der Waals surface area contributed by atoms with Gasteiger partial charge in [-0.15, -0.1) is 11.3 Å². The van der Waals surface area contributed by atoms with Gasteiger partial charge < -0.3 is 5.32 Å². The lowest BCUT2D eigenvalue weighted by atomic mass is 10.3. The molecule has 13 heavy (non-hydrogen) atoms. The highest BCUT2D eigenvalue weighted by atomic mass is 35.5. The van der Waals surface area contributed by atoms with Crippen LogP contribution in [0.2, 0.25) is 4.47 Å². The number of halogens is 1. The molecule has 1 N–H and O–H groups in total. The van der Waals surface area contributed by atoms with Crippen molar-refractivity contribution in [1.82, 2.24) is 4.98 Å². The Bertz CT molecular complexity index is 369. The van der Waals surface area contributed by atoms with Crippen LogP contribution in [0.3, 0.4) is 0 Å². The van der Waals surface area contributed by atoms with Crippen LogP contribution in [0, 0.1) is 0 Å². The van der Waals surface area contributed by atoms with Crippen LogP contribution in [0.4, 0.5) is 5.82 Å². The second kappa shape index (κ2) is 4.09. The number of anilines is 1. The predicted molar refractivity (Wildman–Crippen MR) is 58.8 cm³/mol. The molecule has 0 unspecified atom stereocenters. The molecule has 0 aliphatic rings. The maximum Gasteiger partial charge on any atom is 0.185 e. The zero-order valence-corrected chi connectivity index (χ0v) is 9.05. The molecule has 2 aromatic heterocycles. The molecule has 0 fully saturated rings. The Balaban J connectivity index is 1.93. The number of thiophene rings is 1. The number of nitrogens with one attached hydrogen (secondary N) is 1. The summed E-state index contributed by atoms with van der Waals surface area (Å²) in [6.07, 6.45) is 0. The molecule has 0 atom stereocenters. The number of hydrogen-bond donors (Lipinski definition) is 1. The average Bonchev–Trinajstić information content (AvgIpc) is 2.71. The van der Waals surface area contributed by atoms with E-state index in [1.807, 2.05) is 5.38 Å². The third kappa shape index (κ3) is 2.43. The van der Waals surface area contributed by atoms with Crippen molar-refractivity contribution in [2.75, 3.05) is 5.32 Å². The first-order chi connectivity index (χ1) is 6.34. The van der Waals surface area contributed by atoms with Gasteiger partial charge in [0.05, 0.1) is 0 Å². The van der Waals surface area contributed by atoms with Gasteiger partial charge in [-0.1, -0.05) is 11.6 Å². The van der Waals surface area contributed by atoms with E-state index in [1.54, 1.807) is 11.3 Å². The lowest BCUT2D eigenvalue weighted by Crippen LogP contribution is -1.97. The largest absolute Gasteiger partial charge is 0.365 e. The Kier molecular flexibility index (Phi) is 2.83. The van der Waals surface area contributed by atoms with Crippen molar-refractivity contribution in [2.24, 2.45) is 0 Å². The second-order valence-electron chi connectivity index (χ2n) is 2.47. The number of thiazole rings is 1. The first-order valence-electron chi connectivity index (χ1n) is 3.70. The highest BCUT2D eigenvalue weighted by molar-refractivity contribution is 7.14. The summed E-state index contributed by atoms with van der Waals surface area (Å²) in [7, 11) is 0. The van der Waals surface area contributed by atoms with Crippen LogP contribution in [-0.2, 0) is 6.54 Å². The lowest BCUT2D eigenvalue weighted by molar-refractivity contribution is 1.14. The molecule has 0 radical (unpaired) electrons. The summed E-state index contributed by atoms with van der Waals surface area (Å²) in [4.78, 5) is 4.09. The minimum absolute atomic E-state index is 0.577. The van der Waals surface area contributed by atoms with Gasteiger partial charge in [-0.05, 0) is 22.4 Å². The average molecular weight is 231 g/mol. The zero-order chi connectivity index (χ0) is 9.10. The van der Waals surface area contributed by atoms with E-state index >= 15 is 0 Å². The van der Waals surface area contributed by atoms with Crippen molar-refractivity contribution >= 4 is 40.1 Å². The van der Waals surface area contributed by atoms with Crippen molar-refractivity contribution in [3.05, 3.63) is 32.2 Å². The standard InChI is InChI=1S/C8H7ClN2S2/c9-8-11-7(5-13-8)10-3-6-1-2-12-4-6/h1-2,4-5,10H,3H2. The van der Waals surface area contributed by atoms with E-state index in [1.165, 1.54) is 16.9 Å². The molecule has 0 spiro atoms. The minimum Gasteiger partial charge on any atom is -0.365 e. The third-order valence-corrected chi connectivity index (χ3v) is 3.24. The van der Waals surface area contributed by atoms with Gasteiger partial charge >= 0.3 is 0 Å². The molecule has 0 saturated carbocycles. The topological polar surface area (TPSA) is 24.9 Å². The molecule has 2 nitrogen and oxygen atoms in total. The van der Waals surface area contributed by atoms with E-state index in [0.717, 1.165) is 12.4 Å². The van der Waals surface area contributed by atoms with E-state index in [4.69, 9.17) is 11.6 Å². The molecule has 2 aromatic rings. The lowest BCUT2D eigenvalue weighted by Gasteiger charge is -1.98. The van der Waals surface area contributed by atoms with Crippen LogP contribution in [0.25, 0.3) is 0 Å². The van der Waals surface area contributed by atoms with Crippen LogP contribution in [0.5, 0.6) is 0 Å². The zero-order valence-electron chi connectivity index (χ0n) is 6.66. The molecular formula is C8H7ClN2S2. The van der Waals surface area contributed by atoms with E-state index < -0.39 is 0 Å². The molecule has 0 aromatic carbocycles. The molecular weight excluding hydrogens is 224 g/mol. The number of hydrogen-bond acceptors (Lipinski definition) is 4. The molecule has 2 heterocycles. The Hall–Kier alpha value is -0.580. The van der Waals surface area contributed by atoms with Gasteiger partial charge in [0, 0.05) is 11.9 Å². The summed E-state index contributed by atoms with van der Waals surface area (Å²) in [5, 5.41) is 9.27. The molecule has 0 amide bonds. The van der Waals surface area contributed by atoms with Gasteiger partial charge in [-0.25, -0.2) is 4.98 Å². The Morgan fingerprint density at radius 1 is 1.46 bits per heavy atom. The number of rotatable bonds is 3. The van der Waals surface area contributed by atoms with E-state index in [0.29, 0.717) is 4.47 Å². The van der Waals surface area contributed by atoms with Gasteiger partial charge in [-0.2, -0.15) is 11.3 Å². The summed E-state index contributed by atoms with van der Waals surface area (Å²) in [5.41, 5.74) is 1.27. The molecule has 5 heteroatoms.